The average molecular weight is 494 g/mol. The fourth-order valence-electron chi connectivity index (χ4n) is 4.69. The van der Waals surface area contributed by atoms with Gasteiger partial charge in [-0.1, -0.05) is 80.4 Å². The Hall–Kier alpha value is -4.39. The van der Waals surface area contributed by atoms with Crippen molar-refractivity contribution in [2.45, 2.75) is 32.6 Å². The molecule has 1 aliphatic rings. The smallest absolute Gasteiger partial charge is 0.380 e. The van der Waals surface area contributed by atoms with Crippen LogP contribution in [0.3, 0.4) is 0 Å². The Balaban J connectivity index is 1.44. The number of aromatic hydroxyl groups is 1. The van der Waals surface area contributed by atoms with Crippen molar-refractivity contribution < 1.29 is 19.4 Å². The molecule has 2 atom stereocenters. The standard InChI is InChI=1S/C30H27N3O4/c1-19-9-8-14-22(17-19)26(35)30(36)37-23-15-16-24(25(34)18-23)29-32-27(20-10-4-2-5-11-20)31-28(33-29)21-12-6-3-7-13-21/h2-7,10-13,15-16,18-19,22,34H,8-9,14,17H2,1H3. The number of hydrogen-bond acceptors (Lipinski definition) is 7. The van der Waals surface area contributed by atoms with E-state index >= 15 is 0 Å². The Kier molecular flexibility index (Phi) is 7.03. The van der Waals surface area contributed by atoms with Crippen LogP contribution in [0.1, 0.15) is 32.6 Å². The van der Waals surface area contributed by atoms with Gasteiger partial charge in [-0.05, 0) is 30.9 Å². The minimum absolute atomic E-state index is 0.0871. The summed E-state index contributed by atoms with van der Waals surface area (Å²) in [6.07, 6.45) is 3.41. The lowest BCUT2D eigenvalue weighted by molar-refractivity contribution is -0.149. The van der Waals surface area contributed by atoms with Gasteiger partial charge in [0.2, 0.25) is 5.78 Å². The van der Waals surface area contributed by atoms with Gasteiger partial charge in [0, 0.05) is 23.1 Å². The molecule has 5 rings (SSSR count). The summed E-state index contributed by atoms with van der Waals surface area (Å²) in [7, 11) is 0. The van der Waals surface area contributed by atoms with Crippen LogP contribution in [0.2, 0.25) is 0 Å². The molecular formula is C30H27N3O4. The molecule has 1 N–H and O–H groups in total. The number of phenolic OH excluding ortho intramolecular Hbond substituents is 1. The summed E-state index contributed by atoms with van der Waals surface area (Å²) >= 11 is 0. The summed E-state index contributed by atoms with van der Waals surface area (Å²) in [5.74, 6) is -0.175. The van der Waals surface area contributed by atoms with Crippen LogP contribution in [-0.2, 0) is 9.59 Å². The third-order valence-corrected chi connectivity index (χ3v) is 6.63. The van der Waals surface area contributed by atoms with Gasteiger partial charge >= 0.3 is 5.97 Å². The Morgan fingerprint density at radius 1 is 0.811 bits per heavy atom. The number of hydrogen-bond donors (Lipinski definition) is 1. The van der Waals surface area contributed by atoms with Crippen LogP contribution in [0.15, 0.2) is 78.9 Å². The second-order valence-electron chi connectivity index (χ2n) is 9.44. The van der Waals surface area contributed by atoms with Crippen LogP contribution in [0.5, 0.6) is 11.5 Å². The third-order valence-electron chi connectivity index (χ3n) is 6.63. The molecule has 0 aliphatic heterocycles. The van der Waals surface area contributed by atoms with Gasteiger partial charge in [0.1, 0.15) is 11.5 Å². The number of aromatic nitrogens is 3. The Morgan fingerprint density at radius 3 is 1.97 bits per heavy atom. The van der Waals surface area contributed by atoms with Crippen molar-refractivity contribution in [3.05, 3.63) is 78.9 Å². The van der Waals surface area contributed by atoms with E-state index in [0.717, 1.165) is 24.0 Å². The monoisotopic (exact) mass is 493 g/mol. The maximum absolute atomic E-state index is 12.6. The number of carbonyl (C=O) groups excluding carboxylic acids is 2. The van der Waals surface area contributed by atoms with Crippen LogP contribution in [0.4, 0.5) is 0 Å². The van der Waals surface area contributed by atoms with Crippen LogP contribution in [0, 0.1) is 11.8 Å². The second-order valence-corrected chi connectivity index (χ2v) is 9.44. The molecule has 7 nitrogen and oxygen atoms in total. The van der Waals surface area contributed by atoms with E-state index in [9.17, 15) is 14.7 Å². The molecule has 1 saturated carbocycles. The quantitative estimate of drug-likeness (QED) is 0.203. The van der Waals surface area contributed by atoms with Crippen LogP contribution in [-0.4, -0.2) is 31.8 Å². The second kappa shape index (κ2) is 10.7. The molecule has 1 heterocycles. The molecule has 0 radical (unpaired) electrons. The van der Waals surface area contributed by atoms with Crippen LogP contribution >= 0.6 is 0 Å². The zero-order chi connectivity index (χ0) is 25.8. The predicted octanol–water partition coefficient (Wildman–Crippen LogP) is 5.88. The fraction of sp³-hybridized carbons (Fsp3) is 0.233. The molecule has 1 aliphatic carbocycles. The molecule has 0 bridgehead atoms. The first-order chi connectivity index (χ1) is 18.0. The lowest BCUT2D eigenvalue weighted by atomic mass is 9.80. The topological polar surface area (TPSA) is 102 Å². The van der Waals surface area contributed by atoms with Crippen molar-refractivity contribution in [1.29, 1.82) is 0 Å². The Morgan fingerprint density at radius 2 is 1.41 bits per heavy atom. The van der Waals surface area contributed by atoms with E-state index in [2.05, 4.69) is 21.9 Å². The number of phenols is 1. The van der Waals surface area contributed by atoms with Crippen LogP contribution in [0.25, 0.3) is 34.2 Å². The highest BCUT2D eigenvalue weighted by atomic mass is 16.5. The van der Waals surface area contributed by atoms with E-state index in [4.69, 9.17) is 4.74 Å². The summed E-state index contributed by atoms with van der Waals surface area (Å²) in [4.78, 5) is 39.0. The highest BCUT2D eigenvalue weighted by molar-refractivity contribution is 6.35. The van der Waals surface area contributed by atoms with Gasteiger partial charge in [0.25, 0.3) is 0 Å². The van der Waals surface area contributed by atoms with E-state index in [0.29, 0.717) is 36.0 Å². The average Bonchev–Trinajstić information content (AvgIpc) is 2.93. The molecule has 0 amide bonds. The van der Waals surface area contributed by atoms with E-state index in [1.165, 1.54) is 12.1 Å². The molecule has 7 heteroatoms. The van der Waals surface area contributed by atoms with Gasteiger partial charge < -0.3 is 9.84 Å². The molecule has 1 fully saturated rings. The zero-order valence-electron chi connectivity index (χ0n) is 20.5. The van der Waals surface area contributed by atoms with Crippen molar-refractivity contribution in [3.8, 4) is 45.7 Å². The molecular weight excluding hydrogens is 466 g/mol. The zero-order valence-corrected chi connectivity index (χ0v) is 20.5. The normalized spacial score (nSPS) is 17.2. The molecule has 1 aromatic heterocycles. The largest absolute Gasteiger partial charge is 0.507 e. The number of ketones is 1. The third kappa shape index (κ3) is 5.56. The van der Waals surface area contributed by atoms with Gasteiger partial charge in [-0.25, -0.2) is 19.7 Å². The number of nitrogens with zero attached hydrogens (tertiary/aromatic N) is 3. The first-order valence-electron chi connectivity index (χ1n) is 12.4. The highest BCUT2D eigenvalue weighted by Crippen LogP contribution is 2.33. The van der Waals surface area contributed by atoms with Crippen molar-refractivity contribution in [2.75, 3.05) is 0 Å². The summed E-state index contributed by atoms with van der Waals surface area (Å²) in [6, 6.07) is 23.4. The molecule has 0 saturated heterocycles. The highest BCUT2D eigenvalue weighted by Gasteiger charge is 2.31. The Bertz CT molecular complexity index is 1370. The molecule has 186 valence electrons. The number of esters is 1. The fourth-order valence-corrected chi connectivity index (χ4v) is 4.69. The van der Waals surface area contributed by atoms with E-state index in [-0.39, 0.29) is 23.2 Å². The van der Waals surface area contributed by atoms with Crippen molar-refractivity contribution in [1.82, 2.24) is 15.0 Å². The van der Waals surface area contributed by atoms with Gasteiger partial charge in [-0.3, -0.25) is 4.79 Å². The summed E-state index contributed by atoms with van der Waals surface area (Å²) in [5.41, 5.74) is 1.97. The summed E-state index contributed by atoms with van der Waals surface area (Å²) < 4.78 is 5.32. The van der Waals surface area contributed by atoms with Crippen molar-refractivity contribution in [3.63, 3.8) is 0 Å². The van der Waals surface area contributed by atoms with Gasteiger partial charge in [0.05, 0.1) is 5.56 Å². The molecule has 37 heavy (non-hydrogen) atoms. The molecule has 0 spiro atoms. The first kappa shape index (κ1) is 24.3. The van der Waals surface area contributed by atoms with E-state index < -0.39 is 11.8 Å². The maximum atomic E-state index is 12.6. The number of benzene rings is 3. The maximum Gasteiger partial charge on any atom is 0.380 e. The molecule has 4 aromatic rings. The Labute approximate surface area is 215 Å². The minimum Gasteiger partial charge on any atom is -0.507 e. The molecule has 2 unspecified atom stereocenters. The number of Topliss-reactive ketones (excluding diaryl/α,β-unsaturated/α-hetero) is 1. The predicted molar refractivity (Wildman–Crippen MR) is 140 cm³/mol. The van der Waals surface area contributed by atoms with Gasteiger partial charge in [-0.15, -0.1) is 0 Å². The number of ether oxygens (including phenoxy) is 1. The lowest BCUT2D eigenvalue weighted by Crippen LogP contribution is -2.31. The van der Waals surface area contributed by atoms with Crippen molar-refractivity contribution >= 4 is 11.8 Å². The number of rotatable bonds is 6. The summed E-state index contributed by atoms with van der Waals surface area (Å²) in [6.45, 7) is 2.09. The van der Waals surface area contributed by atoms with Gasteiger partial charge in [0.15, 0.2) is 17.5 Å². The number of carbonyl (C=O) groups is 2. The minimum atomic E-state index is -0.899. The van der Waals surface area contributed by atoms with E-state index in [1.807, 2.05) is 60.7 Å². The van der Waals surface area contributed by atoms with Crippen LogP contribution < -0.4 is 4.74 Å². The SMILES string of the molecule is CC1CCCC(C(=O)C(=O)Oc2ccc(-c3nc(-c4ccccc4)nc(-c4ccccc4)n3)c(O)c2)C1. The van der Waals surface area contributed by atoms with E-state index in [1.54, 1.807) is 6.07 Å². The lowest BCUT2D eigenvalue weighted by Gasteiger charge is -2.24. The van der Waals surface area contributed by atoms with Crippen molar-refractivity contribution in [2.24, 2.45) is 11.8 Å². The molecule has 3 aromatic carbocycles. The van der Waals surface area contributed by atoms with Gasteiger partial charge in [-0.2, -0.15) is 0 Å². The first-order valence-corrected chi connectivity index (χ1v) is 12.4. The summed E-state index contributed by atoms with van der Waals surface area (Å²) in [5, 5.41) is 10.8.